The summed E-state index contributed by atoms with van der Waals surface area (Å²) < 4.78 is 39.3. The molecule has 0 saturated heterocycles. The monoisotopic (exact) mass is 291 g/mol. The van der Waals surface area contributed by atoms with Gasteiger partial charge in [-0.15, -0.1) is 0 Å². The molecule has 7 nitrogen and oxygen atoms in total. The Kier molecular flexibility index (Phi) is 4.23. The fourth-order valence-corrected chi connectivity index (χ4v) is 2.49. The van der Waals surface area contributed by atoms with Crippen molar-refractivity contribution in [1.29, 1.82) is 0 Å². The third-order valence-corrected chi connectivity index (χ3v) is 3.55. The van der Waals surface area contributed by atoms with Gasteiger partial charge < -0.3 is 5.73 Å². The molecule has 106 valence electrons. The normalized spacial score (nSPS) is 12.4. The van der Waals surface area contributed by atoms with E-state index in [4.69, 9.17) is 5.73 Å². The number of hydrogen-bond acceptors (Lipinski definition) is 5. The van der Waals surface area contributed by atoms with E-state index < -0.39 is 36.9 Å². The first-order chi connectivity index (χ1) is 8.53. The van der Waals surface area contributed by atoms with E-state index in [1.165, 1.54) is 0 Å². The Morgan fingerprint density at radius 2 is 2.05 bits per heavy atom. The molecule has 0 spiro atoms. The average Bonchev–Trinajstić information content (AvgIpc) is 2.25. The Hall–Kier alpha value is -1.58. The van der Waals surface area contributed by atoms with Crippen molar-refractivity contribution >= 4 is 15.7 Å². The lowest BCUT2D eigenvalue weighted by molar-refractivity contribution is -0.385. The zero-order valence-corrected chi connectivity index (χ0v) is 11.2. The van der Waals surface area contributed by atoms with E-state index in [2.05, 4.69) is 4.72 Å². The highest BCUT2D eigenvalue weighted by Gasteiger charge is 2.24. The van der Waals surface area contributed by atoms with Gasteiger partial charge in [-0.25, -0.2) is 17.5 Å². The Balaban J connectivity index is 3.14. The van der Waals surface area contributed by atoms with Gasteiger partial charge in [0, 0.05) is 24.2 Å². The van der Waals surface area contributed by atoms with Gasteiger partial charge in [0.15, 0.2) is 0 Å². The second-order valence-corrected chi connectivity index (χ2v) is 6.42. The van der Waals surface area contributed by atoms with Crippen molar-refractivity contribution in [2.75, 3.05) is 6.54 Å². The maximum absolute atomic E-state index is 13.5. The van der Waals surface area contributed by atoms with Crippen LogP contribution in [0.4, 0.5) is 10.1 Å². The molecule has 9 heteroatoms. The zero-order valence-electron chi connectivity index (χ0n) is 10.4. The van der Waals surface area contributed by atoms with Crippen LogP contribution in [0.15, 0.2) is 23.1 Å². The third kappa shape index (κ3) is 4.23. The Bertz CT molecular complexity index is 595. The molecule has 0 saturated carbocycles. The predicted molar refractivity (Wildman–Crippen MR) is 66.5 cm³/mol. The molecule has 0 amide bonds. The van der Waals surface area contributed by atoms with Gasteiger partial charge in [-0.1, -0.05) is 0 Å². The number of hydrogen-bond donors (Lipinski definition) is 2. The number of nitro benzene ring substituents is 1. The molecule has 0 radical (unpaired) electrons. The first-order valence-electron chi connectivity index (χ1n) is 5.25. The molecule has 0 aliphatic carbocycles. The molecule has 0 unspecified atom stereocenters. The lowest BCUT2D eigenvalue weighted by Gasteiger charge is -2.19. The van der Waals surface area contributed by atoms with E-state index in [1.807, 2.05) is 0 Å². The lowest BCUT2D eigenvalue weighted by atomic mass is 10.1. The topological polar surface area (TPSA) is 115 Å². The maximum atomic E-state index is 13.5. The first-order valence-corrected chi connectivity index (χ1v) is 6.74. The molecule has 0 bridgehead atoms. The van der Waals surface area contributed by atoms with Crippen molar-refractivity contribution in [2.24, 2.45) is 5.73 Å². The van der Waals surface area contributed by atoms with Gasteiger partial charge in [-0.2, -0.15) is 0 Å². The van der Waals surface area contributed by atoms with Crippen molar-refractivity contribution in [1.82, 2.24) is 4.72 Å². The SMILES string of the molecule is CC(C)(N)CNS(=O)(=O)c1cc([N+](=O)[O-])ccc1F. The average molecular weight is 291 g/mol. The summed E-state index contributed by atoms with van der Waals surface area (Å²) in [5, 5.41) is 10.6. The molecule has 1 aromatic rings. The first kappa shape index (κ1) is 15.5. The second-order valence-electron chi connectivity index (χ2n) is 4.68. The summed E-state index contributed by atoms with van der Waals surface area (Å²) in [6, 6.07) is 2.29. The van der Waals surface area contributed by atoms with Gasteiger partial charge in [0.1, 0.15) is 10.7 Å². The van der Waals surface area contributed by atoms with Gasteiger partial charge in [-0.05, 0) is 19.9 Å². The Morgan fingerprint density at radius 3 is 2.53 bits per heavy atom. The van der Waals surface area contributed by atoms with Crippen LogP contribution in [0.3, 0.4) is 0 Å². The number of sulfonamides is 1. The molecule has 0 fully saturated rings. The maximum Gasteiger partial charge on any atom is 0.270 e. The number of nitrogens with two attached hydrogens (primary N) is 1. The smallest absolute Gasteiger partial charge is 0.270 e. The number of benzene rings is 1. The molecule has 1 aromatic carbocycles. The van der Waals surface area contributed by atoms with Crippen LogP contribution < -0.4 is 10.5 Å². The summed E-state index contributed by atoms with van der Waals surface area (Å²) in [6.45, 7) is 3.04. The number of nitrogens with one attached hydrogen (secondary N) is 1. The number of nitrogens with zero attached hydrogens (tertiary/aromatic N) is 1. The van der Waals surface area contributed by atoms with Crippen LogP contribution in [0, 0.1) is 15.9 Å². The van der Waals surface area contributed by atoms with Crippen LogP contribution >= 0.6 is 0 Å². The van der Waals surface area contributed by atoms with Crippen molar-refractivity contribution in [3.05, 3.63) is 34.1 Å². The summed E-state index contributed by atoms with van der Waals surface area (Å²) in [7, 11) is -4.19. The molecule has 0 heterocycles. The molecule has 19 heavy (non-hydrogen) atoms. The van der Waals surface area contributed by atoms with Gasteiger partial charge in [-0.3, -0.25) is 10.1 Å². The van der Waals surface area contributed by atoms with E-state index in [0.717, 1.165) is 12.1 Å². The lowest BCUT2D eigenvalue weighted by Crippen LogP contribution is -2.45. The van der Waals surface area contributed by atoms with E-state index in [0.29, 0.717) is 6.07 Å². The van der Waals surface area contributed by atoms with Crippen molar-refractivity contribution in [3.63, 3.8) is 0 Å². The molecule has 0 atom stereocenters. The van der Waals surface area contributed by atoms with E-state index in [9.17, 15) is 22.9 Å². The number of halogens is 1. The van der Waals surface area contributed by atoms with Crippen LogP contribution in [0.2, 0.25) is 0 Å². The van der Waals surface area contributed by atoms with Gasteiger partial charge in [0.05, 0.1) is 4.92 Å². The standard InChI is InChI=1S/C10H14FN3O4S/c1-10(2,12)6-13-19(17,18)9-5-7(14(15)16)3-4-8(9)11/h3-5,13H,6,12H2,1-2H3. The third-order valence-electron chi connectivity index (χ3n) is 2.13. The van der Waals surface area contributed by atoms with Gasteiger partial charge >= 0.3 is 0 Å². The minimum absolute atomic E-state index is 0.128. The summed E-state index contributed by atoms with van der Waals surface area (Å²) in [4.78, 5) is 8.98. The largest absolute Gasteiger partial charge is 0.324 e. The Labute approximate surface area is 109 Å². The minimum atomic E-state index is -4.19. The fourth-order valence-electron chi connectivity index (χ4n) is 1.17. The molecule has 1 rings (SSSR count). The summed E-state index contributed by atoms with van der Waals surface area (Å²) >= 11 is 0. The summed E-state index contributed by atoms with van der Waals surface area (Å²) in [5.74, 6) is -1.06. The Morgan fingerprint density at radius 1 is 1.47 bits per heavy atom. The molecular weight excluding hydrogens is 277 g/mol. The van der Waals surface area contributed by atoms with Crippen LogP contribution in [0.5, 0.6) is 0 Å². The van der Waals surface area contributed by atoms with E-state index in [-0.39, 0.29) is 6.54 Å². The fraction of sp³-hybridized carbons (Fsp3) is 0.400. The number of nitro groups is 1. The number of non-ortho nitro benzene ring substituents is 1. The van der Waals surface area contributed by atoms with Gasteiger partial charge in [0.2, 0.25) is 10.0 Å². The summed E-state index contributed by atoms with van der Waals surface area (Å²) in [5.41, 5.74) is 4.27. The molecule has 0 aliphatic rings. The van der Waals surface area contributed by atoms with E-state index in [1.54, 1.807) is 13.8 Å². The van der Waals surface area contributed by atoms with Crippen LogP contribution in [-0.4, -0.2) is 25.4 Å². The van der Waals surface area contributed by atoms with Crippen molar-refractivity contribution in [3.8, 4) is 0 Å². The zero-order chi connectivity index (χ0) is 14.8. The quantitative estimate of drug-likeness (QED) is 0.613. The highest BCUT2D eigenvalue weighted by atomic mass is 32.2. The van der Waals surface area contributed by atoms with Gasteiger partial charge in [0.25, 0.3) is 5.69 Å². The van der Waals surface area contributed by atoms with Crippen LogP contribution in [0.25, 0.3) is 0 Å². The van der Waals surface area contributed by atoms with Crippen molar-refractivity contribution in [2.45, 2.75) is 24.3 Å². The molecule has 0 aliphatic heterocycles. The summed E-state index contributed by atoms with van der Waals surface area (Å²) in [6.07, 6.45) is 0. The van der Waals surface area contributed by atoms with E-state index >= 15 is 0 Å². The van der Waals surface area contributed by atoms with Crippen molar-refractivity contribution < 1.29 is 17.7 Å². The minimum Gasteiger partial charge on any atom is -0.324 e. The molecular formula is C10H14FN3O4S. The number of rotatable bonds is 5. The predicted octanol–water partition coefficient (Wildman–Crippen LogP) is 0.750. The molecule has 3 N–H and O–H groups in total. The van der Waals surface area contributed by atoms with Crippen LogP contribution in [-0.2, 0) is 10.0 Å². The highest BCUT2D eigenvalue weighted by Crippen LogP contribution is 2.21. The molecule has 0 aromatic heterocycles. The van der Waals surface area contributed by atoms with Crippen LogP contribution in [0.1, 0.15) is 13.8 Å². The second kappa shape index (κ2) is 5.19. The highest BCUT2D eigenvalue weighted by molar-refractivity contribution is 7.89.